The van der Waals surface area contributed by atoms with Gasteiger partial charge in [-0.15, -0.1) is 0 Å². The van der Waals surface area contributed by atoms with Gasteiger partial charge in [0.25, 0.3) is 0 Å². The fourth-order valence-corrected chi connectivity index (χ4v) is 5.38. The third-order valence-corrected chi connectivity index (χ3v) is 8.22. The van der Waals surface area contributed by atoms with Crippen molar-refractivity contribution in [2.45, 2.75) is 57.0 Å². The van der Waals surface area contributed by atoms with Gasteiger partial charge >= 0.3 is 0 Å². The van der Waals surface area contributed by atoms with Crippen LogP contribution in [0.4, 0.5) is 0 Å². The van der Waals surface area contributed by atoms with E-state index < -0.39 is 16.1 Å². The monoisotopic (exact) mass is 541 g/mol. The number of hydrogen-bond donors (Lipinski definition) is 1. The number of rotatable bonds is 13. The lowest BCUT2D eigenvalue weighted by Crippen LogP contribution is -2.49. The molecular formula is C25H33Cl2N3O4S. The van der Waals surface area contributed by atoms with Gasteiger partial charge in [0.2, 0.25) is 21.8 Å². The van der Waals surface area contributed by atoms with Crippen molar-refractivity contribution in [3.63, 3.8) is 0 Å². The van der Waals surface area contributed by atoms with Crippen LogP contribution in [0.5, 0.6) is 0 Å². The van der Waals surface area contributed by atoms with Crippen LogP contribution in [0, 0.1) is 0 Å². The third-order valence-electron chi connectivity index (χ3n) is 5.64. The van der Waals surface area contributed by atoms with Crippen LogP contribution in [0.2, 0.25) is 10.0 Å². The number of hydrogen-bond acceptors (Lipinski definition) is 4. The van der Waals surface area contributed by atoms with Crippen molar-refractivity contribution in [3.8, 4) is 0 Å². The summed E-state index contributed by atoms with van der Waals surface area (Å²) in [5.74, 6) is -0.514. The average Bonchev–Trinajstić information content (AvgIpc) is 2.84. The topological polar surface area (TPSA) is 86.8 Å². The first kappa shape index (κ1) is 29.1. The van der Waals surface area contributed by atoms with Gasteiger partial charge in [0.05, 0.1) is 4.90 Å². The van der Waals surface area contributed by atoms with E-state index in [4.69, 9.17) is 23.2 Å². The van der Waals surface area contributed by atoms with Crippen LogP contribution in [0.25, 0.3) is 0 Å². The average molecular weight is 543 g/mol. The molecule has 0 bridgehead atoms. The van der Waals surface area contributed by atoms with E-state index in [2.05, 4.69) is 5.32 Å². The van der Waals surface area contributed by atoms with Crippen molar-refractivity contribution < 1.29 is 18.0 Å². The molecule has 0 fully saturated rings. The van der Waals surface area contributed by atoms with Crippen molar-refractivity contribution in [2.24, 2.45) is 0 Å². The molecule has 192 valence electrons. The maximum absolute atomic E-state index is 13.3. The fraction of sp³-hybridized carbons (Fsp3) is 0.440. The molecule has 2 aromatic carbocycles. The number of halogens is 2. The minimum Gasteiger partial charge on any atom is -0.354 e. The Morgan fingerprint density at radius 3 is 2.20 bits per heavy atom. The summed E-state index contributed by atoms with van der Waals surface area (Å²) in [5.41, 5.74) is 0.565. The van der Waals surface area contributed by atoms with E-state index in [1.807, 2.05) is 13.8 Å². The molecule has 7 nitrogen and oxygen atoms in total. The van der Waals surface area contributed by atoms with Gasteiger partial charge in [0, 0.05) is 48.7 Å². The molecule has 0 saturated carbocycles. The summed E-state index contributed by atoms with van der Waals surface area (Å²) >= 11 is 12.7. The molecule has 0 aromatic heterocycles. The maximum atomic E-state index is 13.3. The quantitative estimate of drug-likeness (QED) is 0.397. The predicted molar refractivity (Wildman–Crippen MR) is 140 cm³/mol. The van der Waals surface area contributed by atoms with Crippen molar-refractivity contribution in [3.05, 3.63) is 64.1 Å². The summed E-state index contributed by atoms with van der Waals surface area (Å²) in [6, 6.07) is 12.5. The molecule has 35 heavy (non-hydrogen) atoms. The third kappa shape index (κ3) is 7.93. The predicted octanol–water partition coefficient (Wildman–Crippen LogP) is 4.73. The number of carbonyl (C=O) groups is 2. The summed E-state index contributed by atoms with van der Waals surface area (Å²) in [5, 5.41) is 3.68. The lowest BCUT2D eigenvalue weighted by molar-refractivity contribution is -0.141. The zero-order valence-corrected chi connectivity index (χ0v) is 22.7. The van der Waals surface area contributed by atoms with Crippen LogP contribution in [0.15, 0.2) is 53.4 Å². The Labute approximate surface area is 218 Å². The van der Waals surface area contributed by atoms with Gasteiger partial charge in [-0.05, 0) is 43.5 Å². The summed E-state index contributed by atoms with van der Waals surface area (Å²) in [4.78, 5) is 27.9. The number of sulfonamides is 1. The Morgan fingerprint density at radius 1 is 1.00 bits per heavy atom. The van der Waals surface area contributed by atoms with Gasteiger partial charge in [0.1, 0.15) is 6.04 Å². The Bertz CT molecular complexity index is 1080. The van der Waals surface area contributed by atoms with E-state index >= 15 is 0 Å². The molecule has 1 N–H and O–H groups in total. The van der Waals surface area contributed by atoms with Crippen LogP contribution in [-0.4, -0.2) is 55.6 Å². The highest BCUT2D eigenvalue weighted by molar-refractivity contribution is 7.89. The Hall–Kier alpha value is -2.13. The molecule has 0 spiro atoms. The van der Waals surface area contributed by atoms with Crippen molar-refractivity contribution >= 4 is 45.0 Å². The van der Waals surface area contributed by atoms with Crippen LogP contribution in [0.3, 0.4) is 0 Å². The molecule has 0 aliphatic heterocycles. The van der Waals surface area contributed by atoms with E-state index in [-0.39, 0.29) is 36.2 Å². The minimum atomic E-state index is -3.65. The summed E-state index contributed by atoms with van der Waals surface area (Å²) in [6.45, 7) is 4.53. The molecule has 0 aliphatic rings. The molecule has 2 amide bonds. The van der Waals surface area contributed by atoms with Gasteiger partial charge in [0.15, 0.2) is 0 Å². The number of nitrogens with one attached hydrogen (secondary N) is 1. The van der Waals surface area contributed by atoms with E-state index in [0.29, 0.717) is 35.0 Å². The van der Waals surface area contributed by atoms with Gasteiger partial charge < -0.3 is 10.2 Å². The molecule has 0 radical (unpaired) electrons. The second-order valence-electron chi connectivity index (χ2n) is 8.18. The number of nitrogens with zero attached hydrogens (tertiary/aromatic N) is 2. The highest BCUT2D eigenvalue weighted by Crippen LogP contribution is 2.27. The Kier molecular flexibility index (Phi) is 11.5. The second-order valence-corrected chi connectivity index (χ2v) is 11.0. The molecule has 0 unspecified atom stereocenters. The lowest BCUT2D eigenvalue weighted by atomic mass is 10.1. The lowest BCUT2D eigenvalue weighted by Gasteiger charge is -2.31. The first-order chi connectivity index (χ1) is 16.6. The SMILES string of the molecule is CCCNC(=O)[C@@H](CC)N(Cc1c(Cl)cccc1Cl)C(=O)CCCN(C)S(=O)(=O)c1ccccc1. The zero-order chi connectivity index (χ0) is 26.0. The molecule has 0 heterocycles. The van der Waals surface area contributed by atoms with Crippen molar-refractivity contribution in [1.82, 2.24) is 14.5 Å². The van der Waals surface area contributed by atoms with E-state index in [9.17, 15) is 18.0 Å². The van der Waals surface area contributed by atoms with Gasteiger partial charge in [-0.1, -0.05) is 61.3 Å². The fourth-order valence-electron chi connectivity index (χ4n) is 3.63. The van der Waals surface area contributed by atoms with Crippen molar-refractivity contribution in [1.29, 1.82) is 0 Å². The number of benzene rings is 2. The number of amides is 2. The van der Waals surface area contributed by atoms with Crippen LogP contribution < -0.4 is 5.32 Å². The van der Waals surface area contributed by atoms with Gasteiger partial charge in [-0.2, -0.15) is 0 Å². The van der Waals surface area contributed by atoms with Crippen LogP contribution in [-0.2, 0) is 26.2 Å². The van der Waals surface area contributed by atoms with Crippen LogP contribution >= 0.6 is 23.2 Å². The molecule has 2 rings (SSSR count). The standard InChI is InChI=1S/C25H33Cl2N3O4S/c1-4-16-28-25(32)23(5-2)30(18-20-21(26)13-9-14-22(20)27)24(31)15-10-17-29(3)35(33,34)19-11-7-6-8-12-19/h6-9,11-14,23H,4-5,10,15-18H2,1-3H3,(H,28,32)/t23-/m1/s1. The normalized spacial score (nSPS) is 12.4. The first-order valence-corrected chi connectivity index (χ1v) is 13.8. The largest absolute Gasteiger partial charge is 0.354 e. The Balaban J connectivity index is 2.17. The summed E-state index contributed by atoms with van der Waals surface area (Å²) in [6.07, 6.45) is 1.54. The minimum absolute atomic E-state index is 0.0638. The highest BCUT2D eigenvalue weighted by Gasteiger charge is 2.29. The maximum Gasteiger partial charge on any atom is 0.242 e. The molecule has 0 aliphatic carbocycles. The van der Waals surface area contributed by atoms with E-state index in [0.717, 1.165) is 6.42 Å². The van der Waals surface area contributed by atoms with Crippen LogP contribution in [0.1, 0.15) is 45.1 Å². The smallest absolute Gasteiger partial charge is 0.242 e. The summed E-state index contributed by atoms with van der Waals surface area (Å²) in [7, 11) is -2.17. The zero-order valence-electron chi connectivity index (χ0n) is 20.3. The molecule has 2 aromatic rings. The van der Waals surface area contributed by atoms with Crippen molar-refractivity contribution in [2.75, 3.05) is 20.1 Å². The molecular weight excluding hydrogens is 509 g/mol. The highest BCUT2D eigenvalue weighted by atomic mass is 35.5. The molecule has 10 heteroatoms. The number of carbonyl (C=O) groups excluding carboxylic acids is 2. The van der Waals surface area contributed by atoms with Gasteiger partial charge in [-0.25, -0.2) is 12.7 Å². The van der Waals surface area contributed by atoms with Gasteiger partial charge in [-0.3, -0.25) is 9.59 Å². The summed E-state index contributed by atoms with van der Waals surface area (Å²) < 4.78 is 26.7. The molecule has 1 atom stereocenters. The van der Waals surface area contributed by atoms with E-state index in [1.165, 1.54) is 28.4 Å². The van der Waals surface area contributed by atoms with E-state index in [1.54, 1.807) is 36.4 Å². The first-order valence-electron chi connectivity index (χ1n) is 11.6. The Morgan fingerprint density at radius 2 is 1.63 bits per heavy atom. The molecule has 0 saturated heterocycles. The second kappa shape index (κ2) is 13.8.